The molecule has 86 valence electrons. The van der Waals surface area contributed by atoms with Crippen LogP contribution in [0.4, 0.5) is 5.69 Å². The minimum Gasteiger partial charge on any atom is -0.491 e. The van der Waals surface area contributed by atoms with Gasteiger partial charge in [0.1, 0.15) is 11.6 Å². The number of ether oxygens (including phenoxy) is 1. The van der Waals surface area contributed by atoms with Crippen molar-refractivity contribution in [3.05, 3.63) is 24.3 Å². The number of nitrogens with one attached hydrogen (secondary N) is 1. The first kappa shape index (κ1) is 11.0. The average Bonchev–Trinajstić information content (AvgIpc) is 2.50. The van der Waals surface area contributed by atoms with Gasteiger partial charge in [0.15, 0.2) is 0 Å². The molecule has 1 N–H and O–H groups in total. The molecule has 0 bridgehead atoms. The second-order valence-electron chi connectivity index (χ2n) is 4.36. The first-order valence-electron chi connectivity index (χ1n) is 5.78. The second-order valence-corrected chi connectivity index (χ2v) is 4.36. The fraction of sp³-hybridized carbons (Fsp3) is 0.462. The molecule has 1 aromatic rings. The highest BCUT2D eigenvalue weighted by Crippen LogP contribution is 2.31. The molecule has 1 aliphatic heterocycles. The Bertz CT molecular complexity index is 387. The fourth-order valence-corrected chi connectivity index (χ4v) is 1.89. The maximum absolute atomic E-state index is 8.14. The third-order valence-corrected chi connectivity index (χ3v) is 2.78. The number of hydrogen-bond acceptors (Lipinski definition) is 2. The van der Waals surface area contributed by atoms with Crippen LogP contribution in [0.3, 0.4) is 0 Å². The molecule has 3 nitrogen and oxygen atoms in total. The van der Waals surface area contributed by atoms with E-state index in [4.69, 9.17) is 10.1 Å². The van der Waals surface area contributed by atoms with E-state index in [1.54, 1.807) is 0 Å². The van der Waals surface area contributed by atoms with Gasteiger partial charge in [-0.15, -0.1) is 0 Å². The molecular formula is C13H18N2O. The summed E-state index contributed by atoms with van der Waals surface area (Å²) in [5.41, 5.74) is 1.03. The summed E-state index contributed by atoms with van der Waals surface area (Å²) in [5, 5.41) is 8.14. The first-order valence-corrected chi connectivity index (χ1v) is 5.78. The van der Waals surface area contributed by atoms with Gasteiger partial charge in [-0.1, -0.05) is 26.0 Å². The molecule has 1 aromatic carbocycles. The number of para-hydroxylation sites is 2. The quantitative estimate of drug-likeness (QED) is 0.581. The highest BCUT2D eigenvalue weighted by atomic mass is 16.5. The lowest BCUT2D eigenvalue weighted by atomic mass is 10.1. The second kappa shape index (κ2) is 4.56. The summed E-state index contributed by atoms with van der Waals surface area (Å²) in [6.07, 6.45) is 0.962. The van der Waals surface area contributed by atoms with Gasteiger partial charge in [0.2, 0.25) is 0 Å². The summed E-state index contributed by atoms with van der Waals surface area (Å²) in [7, 11) is 0. The fourth-order valence-electron chi connectivity index (χ4n) is 1.89. The molecule has 1 heterocycles. The lowest BCUT2D eigenvalue weighted by Crippen LogP contribution is -2.34. The maximum Gasteiger partial charge on any atom is 0.142 e. The Balaban J connectivity index is 2.36. The molecule has 3 heteroatoms. The van der Waals surface area contributed by atoms with E-state index in [9.17, 15) is 0 Å². The van der Waals surface area contributed by atoms with Crippen molar-refractivity contribution in [3.8, 4) is 5.75 Å². The van der Waals surface area contributed by atoms with Crippen LogP contribution < -0.4 is 9.64 Å². The van der Waals surface area contributed by atoms with Crippen molar-refractivity contribution in [2.75, 3.05) is 18.1 Å². The van der Waals surface area contributed by atoms with E-state index in [0.29, 0.717) is 5.84 Å². The third-order valence-electron chi connectivity index (χ3n) is 2.78. The van der Waals surface area contributed by atoms with Crippen molar-refractivity contribution in [3.63, 3.8) is 0 Å². The summed E-state index contributed by atoms with van der Waals surface area (Å²) in [5.74, 6) is 1.80. The topological polar surface area (TPSA) is 36.3 Å². The van der Waals surface area contributed by atoms with E-state index < -0.39 is 0 Å². The molecule has 0 aromatic heterocycles. The molecule has 0 saturated heterocycles. The van der Waals surface area contributed by atoms with Crippen molar-refractivity contribution in [2.45, 2.75) is 20.3 Å². The van der Waals surface area contributed by atoms with Gasteiger partial charge in [-0.25, -0.2) is 0 Å². The molecule has 16 heavy (non-hydrogen) atoms. The number of rotatable bonds is 1. The monoisotopic (exact) mass is 218 g/mol. The van der Waals surface area contributed by atoms with Crippen molar-refractivity contribution >= 4 is 11.5 Å². The van der Waals surface area contributed by atoms with Crippen LogP contribution in [0.15, 0.2) is 24.3 Å². The molecule has 2 rings (SSSR count). The van der Waals surface area contributed by atoms with Crippen molar-refractivity contribution in [2.24, 2.45) is 5.92 Å². The van der Waals surface area contributed by atoms with E-state index in [0.717, 1.165) is 31.0 Å². The van der Waals surface area contributed by atoms with Gasteiger partial charge in [0, 0.05) is 12.5 Å². The summed E-state index contributed by atoms with van der Waals surface area (Å²) in [6, 6.07) is 7.97. The summed E-state index contributed by atoms with van der Waals surface area (Å²) in [6.45, 7) is 5.71. The highest BCUT2D eigenvalue weighted by molar-refractivity contribution is 5.98. The number of anilines is 1. The Morgan fingerprint density at radius 3 is 2.88 bits per heavy atom. The van der Waals surface area contributed by atoms with Crippen molar-refractivity contribution < 1.29 is 4.74 Å². The summed E-state index contributed by atoms with van der Waals surface area (Å²) < 4.78 is 5.67. The Hall–Kier alpha value is -1.51. The molecule has 0 atom stereocenters. The normalized spacial score (nSPS) is 15.3. The van der Waals surface area contributed by atoms with Gasteiger partial charge in [-0.05, 0) is 18.6 Å². The Labute approximate surface area is 96.5 Å². The van der Waals surface area contributed by atoms with Crippen molar-refractivity contribution in [1.82, 2.24) is 0 Å². The molecule has 1 aliphatic rings. The van der Waals surface area contributed by atoms with E-state index in [1.807, 2.05) is 24.3 Å². The van der Waals surface area contributed by atoms with Gasteiger partial charge in [-0.2, -0.15) is 0 Å². The van der Waals surface area contributed by atoms with Crippen LogP contribution in [0.25, 0.3) is 0 Å². The lowest BCUT2D eigenvalue weighted by molar-refractivity contribution is 0.322. The zero-order chi connectivity index (χ0) is 11.5. The van der Waals surface area contributed by atoms with Gasteiger partial charge >= 0.3 is 0 Å². The van der Waals surface area contributed by atoms with Gasteiger partial charge in [0.05, 0.1) is 12.3 Å². The molecule has 0 fully saturated rings. The van der Waals surface area contributed by atoms with Crippen molar-refractivity contribution in [1.29, 1.82) is 5.41 Å². The summed E-state index contributed by atoms with van der Waals surface area (Å²) >= 11 is 0. The number of hydrogen-bond donors (Lipinski definition) is 1. The molecule has 0 saturated carbocycles. The van der Waals surface area contributed by atoms with Gasteiger partial charge in [0.25, 0.3) is 0 Å². The van der Waals surface area contributed by atoms with Crippen LogP contribution in [0.2, 0.25) is 0 Å². The summed E-state index contributed by atoms with van der Waals surface area (Å²) in [4.78, 5) is 2.06. The predicted molar refractivity (Wildman–Crippen MR) is 66.5 cm³/mol. The van der Waals surface area contributed by atoms with Crippen LogP contribution in [0, 0.1) is 11.3 Å². The smallest absolute Gasteiger partial charge is 0.142 e. The van der Waals surface area contributed by atoms with Crippen LogP contribution in [0.1, 0.15) is 20.3 Å². The number of benzene rings is 1. The molecule has 0 radical (unpaired) electrons. The minimum atomic E-state index is 0.242. The Morgan fingerprint density at radius 2 is 2.12 bits per heavy atom. The largest absolute Gasteiger partial charge is 0.491 e. The minimum absolute atomic E-state index is 0.242. The van der Waals surface area contributed by atoms with E-state index in [2.05, 4.69) is 18.7 Å². The number of amidine groups is 1. The molecule has 0 unspecified atom stereocenters. The average molecular weight is 218 g/mol. The SMILES string of the molecule is CC(C)C(=N)N1CCCOc2ccccc21. The predicted octanol–water partition coefficient (Wildman–Crippen LogP) is 2.91. The molecule has 0 spiro atoms. The maximum atomic E-state index is 8.14. The van der Waals surface area contributed by atoms with E-state index in [1.165, 1.54) is 0 Å². The third kappa shape index (κ3) is 2.03. The highest BCUT2D eigenvalue weighted by Gasteiger charge is 2.20. The Morgan fingerprint density at radius 1 is 1.38 bits per heavy atom. The molecule has 0 aliphatic carbocycles. The molecule has 0 amide bonds. The van der Waals surface area contributed by atoms with Crippen LogP contribution in [-0.2, 0) is 0 Å². The zero-order valence-electron chi connectivity index (χ0n) is 9.86. The van der Waals surface area contributed by atoms with Gasteiger partial charge < -0.3 is 9.64 Å². The standard InChI is InChI=1S/C13H18N2O/c1-10(2)13(14)15-8-5-9-16-12-7-4-3-6-11(12)15/h3-4,6-7,10,14H,5,8-9H2,1-2H3. The first-order chi connectivity index (χ1) is 7.70. The van der Waals surface area contributed by atoms with Crippen LogP contribution >= 0.6 is 0 Å². The van der Waals surface area contributed by atoms with Crippen LogP contribution in [-0.4, -0.2) is 19.0 Å². The van der Waals surface area contributed by atoms with E-state index >= 15 is 0 Å². The molecular weight excluding hydrogens is 200 g/mol. The van der Waals surface area contributed by atoms with E-state index in [-0.39, 0.29) is 5.92 Å². The number of nitrogens with zero attached hydrogens (tertiary/aromatic N) is 1. The zero-order valence-corrected chi connectivity index (χ0v) is 9.86. The van der Waals surface area contributed by atoms with Crippen LogP contribution in [0.5, 0.6) is 5.75 Å². The van der Waals surface area contributed by atoms with Gasteiger partial charge in [-0.3, -0.25) is 5.41 Å². The number of fused-ring (bicyclic) bond motifs is 1. The lowest BCUT2D eigenvalue weighted by Gasteiger charge is -2.26. The Kier molecular flexibility index (Phi) is 3.13.